The molecule has 0 radical (unpaired) electrons. The van der Waals surface area contributed by atoms with Gasteiger partial charge >= 0.3 is 0 Å². The third-order valence-corrected chi connectivity index (χ3v) is 4.79. The smallest absolute Gasteiger partial charge is 0.0521 e. The minimum atomic E-state index is 0.0000823. The van der Waals surface area contributed by atoms with E-state index >= 15 is 0 Å². The first kappa shape index (κ1) is 9.73. The average molecular weight is 205 g/mol. The normalized spacial score (nSPS) is 22.8. The molecule has 1 nitrogen and oxygen atoms in total. The number of hydrogen-bond donors (Lipinski definition) is 0. The van der Waals surface area contributed by atoms with Gasteiger partial charge in [0.15, 0.2) is 0 Å². The van der Waals surface area contributed by atoms with E-state index in [4.69, 9.17) is 0 Å². The maximum atomic E-state index is 3.79. The first-order valence-corrected chi connectivity index (χ1v) is 6.83. The molecule has 74 valence electrons. The summed E-state index contributed by atoms with van der Waals surface area (Å²) in [5, 5.41) is 1.50. The Kier molecular flexibility index (Phi) is 2.36. The average Bonchev–Trinajstić information content (AvgIpc) is 2.55. The van der Waals surface area contributed by atoms with Gasteiger partial charge < -0.3 is 4.57 Å². The molecule has 14 heavy (non-hydrogen) atoms. The number of hydrogen-bond acceptors (Lipinski definition) is 0. The monoisotopic (exact) mass is 205 g/mol. The molecule has 2 rings (SSSR count). The highest BCUT2D eigenvalue weighted by Gasteiger charge is 2.25. The summed E-state index contributed by atoms with van der Waals surface area (Å²) in [6.07, 6.45) is 7.54. The van der Waals surface area contributed by atoms with Crippen molar-refractivity contribution in [3.8, 4) is 0 Å². The Morgan fingerprint density at radius 3 is 2.86 bits per heavy atom. The van der Waals surface area contributed by atoms with E-state index < -0.39 is 0 Å². The number of rotatable bonds is 1. The van der Waals surface area contributed by atoms with E-state index in [2.05, 4.69) is 43.9 Å². The molecule has 1 aromatic heterocycles. The van der Waals surface area contributed by atoms with E-state index in [0.29, 0.717) is 0 Å². The highest BCUT2D eigenvalue weighted by atomic mass is 31.1. The number of nitrogens with zero attached hydrogens (tertiary/aromatic N) is 1. The SMILES string of the molecule is C=C/C=C1\c2c(C)c(C)cn2CP1C. The summed E-state index contributed by atoms with van der Waals surface area (Å²) in [4.78, 5) is 0. The molecule has 0 aliphatic carbocycles. The molecule has 1 atom stereocenters. The summed E-state index contributed by atoms with van der Waals surface area (Å²) in [5.74, 6) is 0. The minimum Gasteiger partial charge on any atom is -0.342 e. The van der Waals surface area contributed by atoms with Gasteiger partial charge in [-0.15, -0.1) is 0 Å². The lowest BCUT2D eigenvalue weighted by Gasteiger charge is -2.05. The zero-order valence-electron chi connectivity index (χ0n) is 9.04. The van der Waals surface area contributed by atoms with Gasteiger partial charge in [-0.2, -0.15) is 0 Å². The predicted molar refractivity (Wildman–Crippen MR) is 64.9 cm³/mol. The topological polar surface area (TPSA) is 4.93 Å². The van der Waals surface area contributed by atoms with Crippen LogP contribution < -0.4 is 0 Å². The second kappa shape index (κ2) is 3.40. The lowest BCUT2D eigenvalue weighted by atomic mass is 10.2. The van der Waals surface area contributed by atoms with Gasteiger partial charge in [-0.3, -0.25) is 0 Å². The van der Waals surface area contributed by atoms with Gasteiger partial charge in [-0.1, -0.05) is 26.7 Å². The van der Waals surface area contributed by atoms with Crippen LogP contribution in [0.4, 0.5) is 0 Å². The maximum absolute atomic E-state index is 3.79. The fourth-order valence-electron chi connectivity index (χ4n) is 2.05. The van der Waals surface area contributed by atoms with Crippen LogP contribution in [0.25, 0.3) is 5.31 Å². The molecular formula is C12H16NP. The minimum absolute atomic E-state index is 0.0000823. The highest BCUT2D eigenvalue weighted by molar-refractivity contribution is 7.67. The predicted octanol–water partition coefficient (Wildman–Crippen LogP) is 3.71. The summed E-state index contributed by atoms with van der Waals surface area (Å²) in [7, 11) is 0.0000823. The molecule has 0 fully saturated rings. The maximum Gasteiger partial charge on any atom is 0.0521 e. The molecule has 0 spiro atoms. The van der Waals surface area contributed by atoms with Crippen molar-refractivity contribution in [2.75, 3.05) is 6.66 Å². The van der Waals surface area contributed by atoms with Crippen molar-refractivity contribution < 1.29 is 0 Å². The van der Waals surface area contributed by atoms with Crippen LogP contribution >= 0.6 is 7.92 Å². The number of fused-ring (bicyclic) bond motifs is 1. The zero-order chi connectivity index (χ0) is 10.3. The molecule has 0 bridgehead atoms. The molecule has 0 amide bonds. The van der Waals surface area contributed by atoms with Crippen LogP contribution in [0.5, 0.6) is 0 Å². The molecule has 1 aliphatic heterocycles. The Balaban J connectivity index is 2.59. The second-order valence-corrected chi connectivity index (χ2v) is 6.04. The van der Waals surface area contributed by atoms with Crippen molar-refractivity contribution in [1.29, 1.82) is 0 Å². The molecular weight excluding hydrogens is 189 g/mol. The van der Waals surface area contributed by atoms with Crippen LogP contribution in [0.3, 0.4) is 0 Å². The fraction of sp³-hybridized carbons (Fsp3) is 0.333. The third-order valence-electron chi connectivity index (χ3n) is 2.88. The van der Waals surface area contributed by atoms with Crippen LogP contribution in [-0.2, 0) is 6.29 Å². The lowest BCUT2D eigenvalue weighted by Crippen LogP contribution is -1.87. The van der Waals surface area contributed by atoms with Gasteiger partial charge in [-0.05, 0) is 31.6 Å². The van der Waals surface area contributed by atoms with E-state index in [9.17, 15) is 0 Å². The van der Waals surface area contributed by atoms with Crippen molar-refractivity contribution in [2.45, 2.75) is 20.1 Å². The number of aromatic nitrogens is 1. The molecule has 0 saturated carbocycles. The Labute approximate surface area is 86.9 Å². The highest BCUT2D eigenvalue weighted by Crippen LogP contribution is 2.55. The van der Waals surface area contributed by atoms with Crippen molar-refractivity contribution >= 4 is 13.2 Å². The van der Waals surface area contributed by atoms with Gasteiger partial charge in [0, 0.05) is 17.8 Å². The number of aryl methyl sites for hydroxylation is 1. The Hall–Kier alpha value is -0.810. The molecule has 1 aliphatic rings. The molecule has 2 heterocycles. The van der Waals surface area contributed by atoms with Gasteiger partial charge in [-0.25, -0.2) is 0 Å². The lowest BCUT2D eigenvalue weighted by molar-refractivity contribution is 0.895. The largest absolute Gasteiger partial charge is 0.342 e. The van der Waals surface area contributed by atoms with Gasteiger partial charge in [0.1, 0.15) is 0 Å². The van der Waals surface area contributed by atoms with Gasteiger partial charge in [0.2, 0.25) is 0 Å². The number of allylic oxidation sites excluding steroid dienone is 2. The summed E-state index contributed by atoms with van der Waals surface area (Å²) in [6, 6.07) is 0. The van der Waals surface area contributed by atoms with E-state index in [1.54, 1.807) is 0 Å². The Morgan fingerprint density at radius 1 is 1.50 bits per heavy atom. The van der Waals surface area contributed by atoms with Crippen molar-refractivity contribution in [1.82, 2.24) is 4.57 Å². The Bertz CT molecular complexity index is 412. The quantitative estimate of drug-likeness (QED) is 0.616. The van der Waals surface area contributed by atoms with E-state index in [1.807, 2.05) is 6.08 Å². The second-order valence-electron chi connectivity index (χ2n) is 3.88. The van der Waals surface area contributed by atoms with Gasteiger partial charge in [0.25, 0.3) is 0 Å². The summed E-state index contributed by atoms with van der Waals surface area (Å²) < 4.78 is 2.39. The fourth-order valence-corrected chi connectivity index (χ4v) is 3.90. The van der Waals surface area contributed by atoms with Crippen molar-refractivity contribution in [3.05, 3.63) is 41.7 Å². The van der Waals surface area contributed by atoms with E-state index in [-0.39, 0.29) is 7.92 Å². The zero-order valence-corrected chi connectivity index (χ0v) is 9.94. The van der Waals surface area contributed by atoms with Crippen LogP contribution in [0.2, 0.25) is 0 Å². The van der Waals surface area contributed by atoms with Gasteiger partial charge in [0.05, 0.1) is 5.69 Å². The van der Waals surface area contributed by atoms with E-state index in [0.717, 1.165) is 0 Å². The summed E-state index contributed by atoms with van der Waals surface area (Å²) in [5.41, 5.74) is 4.28. The standard InChI is InChI=1S/C12H16NP/c1-5-6-11-12-10(3)9(2)7-13(12)8-14(11)4/h5-7H,1,8H2,2-4H3/b11-6+. The van der Waals surface area contributed by atoms with Crippen LogP contribution in [0.1, 0.15) is 16.8 Å². The van der Waals surface area contributed by atoms with Crippen molar-refractivity contribution in [3.63, 3.8) is 0 Å². The van der Waals surface area contributed by atoms with E-state index in [1.165, 1.54) is 28.4 Å². The third kappa shape index (κ3) is 1.27. The molecule has 1 unspecified atom stereocenters. The molecule has 0 aromatic carbocycles. The van der Waals surface area contributed by atoms with Crippen molar-refractivity contribution in [2.24, 2.45) is 0 Å². The first-order valence-electron chi connectivity index (χ1n) is 4.85. The molecule has 1 aromatic rings. The van der Waals surface area contributed by atoms with Crippen LogP contribution in [0.15, 0.2) is 24.9 Å². The summed E-state index contributed by atoms with van der Waals surface area (Å²) >= 11 is 0. The van der Waals surface area contributed by atoms with Crippen LogP contribution in [-0.4, -0.2) is 11.2 Å². The Morgan fingerprint density at radius 2 is 2.21 bits per heavy atom. The molecule has 2 heteroatoms. The molecule has 0 saturated heterocycles. The molecule has 0 N–H and O–H groups in total. The first-order chi connectivity index (χ1) is 6.65. The van der Waals surface area contributed by atoms with Crippen LogP contribution in [0, 0.1) is 13.8 Å². The summed E-state index contributed by atoms with van der Waals surface area (Å²) in [6.45, 7) is 10.5.